The zero-order chi connectivity index (χ0) is 14.5. The van der Waals surface area contributed by atoms with Gasteiger partial charge in [0.05, 0.1) is 7.11 Å². The summed E-state index contributed by atoms with van der Waals surface area (Å²) in [6, 6.07) is 6.60. The first-order valence-corrected chi connectivity index (χ1v) is 6.35. The van der Waals surface area contributed by atoms with E-state index in [-0.39, 0.29) is 18.1 Å². The molecule has 2 aromatic rings. The van der Waals surface area contributed by atoms with Crippen LogP contribution in [0.1, 0.15) is 12.0 Å². The molecule has 2 rings (SSSR count). The number of methoxy groups -OCH3 is 1. The summed E-state index contributed by atoms with van der Waals surface area (Å²) in [5.74, 6) is 0.253. The Kier molecular flexibility index (Phi) is 4.53. The number of carbonyl (C=O) groups is 1. The molecule has 104 valence electrons. The zero-order valence-electron chi connectivity index (χ0n) is 10.8. The molecule has 0 aliphatic rings. The summed E-state index contributed by atoms with van der Waals surface area (Å²) in [5, 5.41) is 9.72. The van der Waals surface area contributed by atoms with Crippen LogP contribution in [0.3, 0.4) is 0 Å². The standard InChI is InChI=1S/C14H13ClN2O3/c1-20-12(19)6-5-10-8-16-14(17-13(10)15)9-3-2-4-11(18)7-9/h2-4,7-8,18H,5-6H2,1H3. The van der Waals surface area contributed by atoms with Gasteiger partial charge in [-0.05, 0) is 18.6 Å². The maximum atomic E-state index is 11.1. The fourth-order valence-electron chi connectivity index (χ4n) is 1.68. The molecule has 0 aliphatic heterocycles. The van der Waals surface area contributed by atoms with E-state index in [1.807, 2.05) is 0 Å². The number of halogens is 1. The third-order valence-electron chi connectivity index (χ3n) is 2.74. The molecule has 0 saturated carbocycles. The number of phenolic OH excluding ortho intramolecular Hbond substituents is 1. The van der Waals surface area contributed by atoms with E-state index in [4.69, 9.17) is 11.6 Å². The number of rotatable bonds is 4. The van der Waals surface area contributed by atoms with Gasteiger partial charge in [0, 0.05) is 23.7 Å². The fraction of sp³-hybridized carbons (Fsp3) is 0.214. The lowest BCUT2D eigenvalue weighted by Gasteiger charge is -2.05. The average Bonchev–Trinajstić information content (AvgIpc) is 2.45. The summed E-state index contributed by atoms with van der Waals surface area (Å²) < 4.78 is 4.57. The lowest BCUT2D eigenvalue weighted by Crippen LogP contribution is -2.03. The molecule has 5 nitrogen and oxygen atoms in total. The van der Waals surface area contributed by atoms with E-state index in [0.29, 0.717) is 28.5 Å². The van der Waals surface area contributed by atoms with E-state index in [1.54, 1.807) is 30.5 Å². The van der Waals surface area contributed by atoms with Crippen molar-refractivity contribution >= 4 is 17.6 Å². The molecule has 6 heteroatoms. The van der Waals surface area contributed by atoms with Crippen LogP contribution in [0.4, 0.5) is 0 Å². The van der Waals surface area contributed by atoms with Crippen molar-refractivity contribution in [1.82, 2.24) is 9.97 Å². The molecule has 0 atom stereocenters. The molecule has 0 spiro atoms. The minimum Gasteiger partial charge on any atom is -0.508 e. The van der Waals surface area contributed by atoms with Gasteiger partial charge in [0.25, 0.3) is 0 Å². The van der Waals surface area contributed by atoms with E-state index in [0.717, 1.165) is 0 Å². The Hall–Kier alpha value is -2.14. The number of aromatic hydroxyl groups is 1. The molecule has 1 heterocycles. The third kappa shape index (κ3) is 3.45. The maximum Gasteiger partial charge on any atom is 0.305 e. The summed E-state index contributed by atoms with van der Waals surface area (Å²) in [6.07, 6.45) is 2.23. The Morgan fingerprint density at radius 3 is 2.90 bits per heavy atom. The van der Waals surface area contributed by atoms with Crippen LogP contribution in [-0.4, -0.2) is 28.2 Å². The van der Waals surface area contributed by atoms with Crippen molar-refractivity contribution in [1.29, 1.82) is 0 Å². The van der Waals surface area contributed by atoms with E-state index in [1.165, 1.54) is 7.11 Å². The van der Waals surface area contributed by atoms with Gasteiger partial charge < -0.3 is 9.84 Å². The number of ether oxygens (including phenoxy) is 1. The minimum absolute atomic E-state index is 0.136. The van der Waals surface area contributed by atoms with Crippen LogP contribution in [-0.2, 0) is 16.0 Å². The predicted octanol–water partition coefficient (Wildman–Crippen LogP) is 2.61. The van der Waals surface area contributed by atoms with Crippen LogP contribution in [0.2, 0.25) is 5.15 Å². The van der Waals surface area contributed by atoms with Gasteiger partial charge in [0.2, 0.25) is 0 Å². The fourth-order valence-corrected chi connectivity index (χ4v) is 1.90. The third-order valence-corrected chi connectivity index (χ3v) is 3.07. The number of nitrogens with zero attached hydrogens (tertiary/aromatic N) is 2. The molecule has 0 unspecified atom stereocenters. The number of esters is 1. The maximum absolute atomic E-state index is 11.1. The smallest absolute Gasteiger partial charge is 0.305 e. The minimum atomic E-state index is -0.307. The Morgan fingerprint density at radius 2 is 2.25 bits per heavy atom. The molecule has 0 bridgehead atoms. The highest BCUT2D eigenvalue weighted by atomic mass is 35.5. The lowest BCUT2D eigenvalue weighted by atomic mass is 10.1. The first-order valence-electron chi connectivity index (χ1n) is 5.98. The largest absolute Gasteiger partial charge is 0.508 e. The topological polar surface area (TPSA) is 72.3 Å². The van der Waals surface area contributed by atoms with Crippen LogP contribution in [0.5, 0.6) is 5.75 Å². The van der Waals surface area contributed by atoms with Gasteiger partial charge in [-0.15, -0.1) is 0 Å². The Morgan fingerprint density at radius 1 is 1.45 bits per heavy atom. The van der Waals surface area contributed by atoms with E-state index in [2.05, 4.69) is 14.7 Å². The van der Waals surface area contributed by atoms with Crippen molar-refractivity contribution in [3.05, 3.63) is 41.2 Å². The SMILES string of the molecule is COC(=O)CCc1cnc(-c2cccc(O)c2)nc1Cl. The number of benzene rings is 1. The molecule has 0 saturated heterocycles. The number of hydrogen-bond donors (Lipinski definition) is 1. The van der Waals surface area contributed by atoms with Crippen molar-refractivity contribution in [3.63, 3.8) is 0 Å². The predicted molar refractivity (Wildman–Crippen MR) is 74.5 cm³/mol. The Labute approximate surface area is 121 Å². The molecule has 0 amide bonds. The summed E-state index contributed by atoms with van der Waals surface area (Å²) in [5.41, 5.74) is 1.35. The van der Waals surface area contributed by atoms with Gasteiger partial charge in [-0.25, -0.2) is 9.97 Å². The number of carbonyl (C=O) groups excluding carboxylic acids is 1. The zero-order valence-corrected chi connectivity index (χ0v) is 11.6. The second kappa shape index (κ2) is 6.34. The summed E-state index contributed by atoms with van der Waals surface area (Å²) in [7, 11) is 1.34. The van der Waals surface area contributed by atoms with Gasteiger partial charge in [-0.2, -0.15) is 0 Å². The molecular formula is C14H13ClN2O3. The number of hydrogen-bond acceptors (Lipinski definition) is 5. The van der Waals surface area contributed by atoms with Crippen molar-refractivity contribution < 1.29 is 14.6 Å². The van der Waals surface area contributed by atoms with Crippen molar-refractivity contribution in [3.8, 4) is 17.1 Å². The molecule has 0 aliphatic carbocycles. The average molecular weight is 293 g/mol. The molecule has 0 fully saturated rings. The highest BCUT2D eigenvalue weighted by Crippen LogP contribution is 2.23. The highest BCUT2D eigenvalue weighted by Gasteiger charge is 2.09. The monoisotopic (exact) mass is 292 g/mol. The molecule has 1 aromatic heterocycles. The van der Waals surface area contributed by atoms with Gasteiger partial charge in [0.1, 0.15) is 10.9 Å². The van der Waals surface area contributed by atoms with Crippen LogP contribution >= 0.6 is 11.6 Å². The van der Waals surface area contributed by atoms with Crippen molar-refractivity contribution in [2.24, 2.45) is 0 Å². The normalized spacial score (nSPS) is 10.3. The highest BCUT2D eigenvalue weighted by molar-refractivity contribution is 6.30. The van der Waals surface area contributed by atoms with Gasteiger partial charge in [-0.1, -0.05) is 23.7 Å². The molecule has 1 aromatic carbocycles. The molecule has 20 heavy (non-hydrogen) atoms. The second-order valence-electron chi connectivity index (χ2n) is 4.14. The van der Waals surface area contributed by atoms with E-state index < -0.39 is 0 Å². The van der Waals surface area contributed by atoms with Crippen molar-refractivity contribution in [2.45, 2.75) is 12.8 Å². The summed E-state index contributed by atoms with van der Waals surface area (Å²) in [4.78, 5) is 19.5. The first-order chi connectivity index (χ1) is 9.60. The van der Waals surface area contributed by atoms with E-state index in [9.17, 15) is 9.90 Å². The van der Waals surface area contributed by atoms with Crippen LogP contribution in [0.25, 0.3) is 11.4 Å². The summed E-state index contributed by atoms with van der Waals surface area (Å²) >= 11 is 6.08. The first kappa shape index (κ1) is 14.3. The number of aromatic nitrogens is 2. The molecular weight excluding hydrogens is 280 g/mol. The molecule has 0 radical (unpaired) electrons. The second-order valence-corrected chi connectivity index (χ2v) is 4.49. The van der Waals surface area contributed by atoms with Crippen LogP contribution < -0.4 is 0 Å². The van der Waals surface area contributed by atoms with Gasteiger partial charge >= 0.3 is 5.97 Å². The number of phenols is 1. The van der Waals surface area contributed by atoms with Gasteiger partial charge in [0.15, 0.2) is 5.82 Å². The lowest BCUT2D eigenvalue weighted by molar-refractivity contribution is -0.140. The Bertz CT molecular complexity index is 632. The van der Waals surface area contributed by atoms with E-state index >= 15 is 0 Å². The molecule has 1 N–H and O–H groups in total. The Balaban J connectivity index is 2.19. The number of aryl methyl sites for hydroxylation is 1. The van der Waals surface area contributed by atoms with Gasteiger partial charge in [-0.3, -0.25) is 4.79 Å². The van der Waals surface area contributed by atoms with Crippen molar-refractivity contribution in [2.75, 3.05) is 7.11 Å². The van der Waals surface area contributed by atoms with Crippen LogP contribution in [0, 0.1) is 0 Å². The quantitative estimate of drug-likeness (QED) is 0.693. The van der Waals surface area contributed by atoms with Crippen LogP contribution in [0.15, 0.2) is 30.5 Å². The summed E-state index contributed by atoms with van der Waals surface area (Å²) in [6.45, 7) is 0.